The molecule has 0 radical (unpaired) electrons. The summed E-state index contributed by atoms with van der Waals surface area (Å²) in [5, 5.41) is 3.61. The highest BCUT2D eigenvalue weighted by atomic mass is 32.2. The topological polar surface area (TPSA) is 46.2 Å². The Morgan fingerprint density at radius 1 is 1.12 bits per heavy atom. The summed E-state index contributed by atoms with van der Waals surface area (Å²) in [6.45, 7) is 4.60. The molecule has 4 heteroatoms. The summed E-state index contributed by atoms with van der Waals surface area (Å²) < 4.78 is 23.2. The van der Waals surface area contributed by atoms with E-state index in [0.717, 1.165) is 18.8 Å². The molecule has 0 bridgehead atoms. The third kappa shape index (κ3) is 3.68. The highest BCUT2D eigenvalue weighted by molar-refractivity contribution is 7.91. The Bertz CT molecular complexity index is 352. The van der Waals surface area contributed by atoms with Crippen molar-refractivity contribution in [2.45, 2.75) is 58.0 Å². The summed E-state index contributed by atoms with van der Waals surface area (Å²) in [5.74, 6) is 2.21. The molecular formula is C13H25NO2S. The van der Waals surface area contributed by atoms with Gasteiger partial charge in [-0.25, -0.2) is 8.42 Å². The van der Waals surface area contributed by atoms with Crippen molar-refractivity contribution >= 4 is 9.84 Å². The second-order valence-corrected chi connectivity index (χ2v) is 8.35. The minimum Gasteiger partial charge on any atom is -0.310 e. The average molecular weight is 259 g/mol. The van der Waals surface area contributed by atoms with E-state index in [9.17, 15) is 8.42 Å². The maximum Gasteiger partial charge on any atom is 0.151 e. The van der Waals surface area contributed by atoms with Crippen LogP contribution in [0.25, 0.3) is 0 Å². The lowest BCUT2D eigenvalue weighted by atomic mass is 9.79. The minimum atomic E-state index is -2.78. The van der Waals surface area contributed by atoms with Crippen LogP contribution in [0.3, 0.4) is 0 Å². The fourth-order valence-electron chi connectivity index (χ4n) is 3.22. The van der Waals surface area contributed by atoms with E-state index in [1.807, 2.05) is 0 Å². The van der Waals surface area contributed by atoms with Crippen molar-refractivity contribution in [1.82, 2.24) is 5.32 Å². The van der Waals surface area contributed by atoms with Gasteiger partial charge in [0.1, 0.15) is 0 Å². The maximum absolute atomic E-state index is 11.6. The average Bonchev–Trinajstić information content (AvgIpc) is 2.22. The Morgan fingerprint density at radius 2 is 1.88 bits per heavy atom. The van der Waals surface area contributed by atoms with Gasteiger partial charge in [-0.3, -0.25) is 0 Å². The van der Waals surface area contributed by atoms with Crippen LogP contribution in [-0.2, 0) is 9.84 Å². The van der Waals surface area contributed by atoms with Crippen molar-refractivity contribution in [3.8, 4) is 0 Å². The normalized spacial score (nSPS) is 42.2. The fourth-order valence-corrected chi connectivity index (χ4v) is 4.87. The molecule has 1 saturated heterocycles. The highest BCUT2D eigenvalue weighted by Gasteiger charge is 2.30. The molecule has 4 unspecified atom stereocenters. The van der Waals surface area contributed by atoms with E-state index in [0.29, 0.717) is 23.5 Å². The summed E-state index contributed by atoms with van der Waals surface area (Å²) in [6, 6.07) is 0.726. The lowest BCUT2D eigenvalue weighted by molar-refractivity contribution is 0.212. The van der Waals surface area contributed by atoms with Gasteiger partial charge in [0.15, 0.2) is 9.84 Å². The van der Waals surface area contributed by atoms with E-state index < -0.39 is 9.84 Å². The summed E-state index contributed by atoms with van der Waals surface area (Å²) in [7, 11) is -2.78. The first-order chi connectivity index (χ1) is 7.96. The van der Waals surface area contributed by atoms with Gasteiger partial charge in [0.2, 0.25) is 0 Å². The number of hydrogen-bond acceptors (Lipinski definition) is 3. The van der Waals surface area contributed by atoms with E-state index in [1.54, 1.807) is 0 Å². The maximum atomic E-state index is 11.6. The summed E-state index contributed by atoms with van der Waals surface area (Å²) in [6.07, 6.45) is 5.66. The van der Waals surface area contributed by atoms with Gasteiger partial charge >= 0.3 is 0 Å². The predicted octanol–water partition coefficient (Wildman–Crippen LogP) is 1.98. The fraction of sp³-hybridized carbons (Fsp3) is 1.00. The van der Waals surface area contributed by atoms with Crippen LogP contribution < -0.4 is 5.32 Å². The molecule has 1 N–H and O–H groups in total. The molecule has 0 aromatic heterocycles. The van der Waals surface area contributed by atoms with E-state index in [-0.39, 0.29) is 6.04 Å². The molecule has 1 heterocycles. The predicted molar refractivity (Wildman–Crippen MR) is 70.8 cm³/mol. The highest BCUT2D eigenvalue weighted by Crippen LogP contribution is 2.29. The van der Waals surface area contributed by atoms with Crippen LogP contribution in [0.1, 0.15) is 46.0 Å². The smallest absolute Gasteiger partial charge is 0.151 e. The number of rotatable bonds is 2. The van der Waals surface area contributed by atoms with Gasteiger partial charge in [-0.05, 0) is 37.5 Å². The molecule has 1 aliphatic carbocycles. The van der Waals surface area contributed by atoms with Crippen molar-refractivity contribution in [3.05, 3.63) is 0 Å². The van der Waals surface area contributed by atoms with Gasteiger partial charge in [0.05, 0.1) is 11.5 Å². The van der Waals surface area contributed by atoms with E-state index in [2.05, 4.69) is 19.2 Å². The molecule has 0 aromatic rings. The minimum absolute atomic E-state index is 0.200. The number of nitrogens with one attached hydrogen (secondary N) is 1. The molecule has 100 valence electrons. The second kappa shape index (κ2) is 5.27. The van der Waals surface area contributed by atoms with Crippen LogP contribution in [0.5, 0.6) is 0 Å². The molecule has 2 aliphatic rings. The Labute approximate surface area is 105 Å². The van der Waals surface area contributed by atoms with Crippen molar-refractivity contribution in [3.63, 3.8) is 0 Å². The van der Waals surface area contributed by atoms with Crippen LogP contribution in [0.2, 0.25) is 0 Å². The van der Waals surface area contributed by atoms with E-state index in [4.69, 9.17) is 0 Å². The Kier molecular flexibility index (Phi) is 4.14. The van der Waals surface area contributed by atoms with Crippen LogP contribution in [0.15, 0.2) is 0 Å². The van der Waals surface area contributed by atoms with Gasteiger partial charge < -0.3 is 5.32 Å². The van der Waals surface area contributed by atoms with E-state index in [1.165, 1.54) is 19.3 Å². The zero-order valence-electron chi connectivity index (χ0n) is 11.0. The van der Waals surface area contributed by atoms with Crippen molar-refractivity contribution < 1.29 is 8.42 Å². The van der Waals surface area contributed by atoms with Crippen LogP contribution >= 0.6 is 0 Å². The van der Waals surface area contributed by atoms with Crippen LogP contribution in [-0.4, -0.2) is 32.0 Å². The lowest BCUT2D eigenvalue weighted by Crippen LogP contribution is -2.49. The van der Waals surface area contributed by atoms with E-state index >= 15 is 0 Å². The molecular weight excluding hydrogens is 234 g/mol. The summed E-state index contributed by atoms with van der Waals surface area (Å²) >= 11 is 0. The van der Waals surface area contributed by atoms with Crippen LogP contribution in [0, 0.1) is 11.8 Å². The van der Waals surface area contributed by atoms with Gasteiger partial charge in [0.25, 0.3) is 0 Å². The molecule has 2 rings (SSSR count). The number of sulfone groups is 1. The number of hydrogen-bond donors (Lipinski definition) is 1. The monoisotopic (exact) mass is 259 g/mol. The molecule has 3 nitrogen and oxygen atoms in total. The lowest BCUT2D eigenvalue weighted by Gasteiger charge is -2.37. The molecule has 4 atom stereocenters. The van der Waals surface area contributed by atoms with Crippen molar-refractivity contribution in [2.24, 2.45) is 11.8 Å². The van der Waals surface area contributed by atoms with Crippen LogP contribution in [0.4, 0.5) is 0 Å². The van der Waals surface area contributed by atoms with Gasteiger partial charge in [-0.1, -0.05) is 20.3 Å². The molecule has 1 saturated carbocycles. The summed E-state index contributed by atoms with van der Waals surface area (Å²) in [5.41, 5.74) is 0. The third-order valence-corrected chi connectivity index (χ3v) is 6.19. The zero-order valence-corrected chi connectivity index (χ0v) is 11.8. The van der Waals surface area contributed by atoms with Gasteiger partial charge in [-0.2, -0.15) is 0 Å². The molecule has 0 amide bonds. The largest absolute Gasteiger partial charge is 0.310 e. The van der Waals surface area contributed by atoms with Gasteiger partial charge in [0, 0.05) is 12.1 Å². The van der Waals surface area contributed by atoms with Gasteiger partial charge in [-0.15, -0.1) is 0 Å². The summed E-state index contributed by atoms with van der Waals surface area (Å²) in [4.78, 5) is 0. The quantitative estimate of drug-likeness (QED) is 0.825. The third-order valence-electron chi connectivity index (χ3n) is 4.37. The molecule has 0 aromatic carbocycles. The molecule has 2 fully saturated rings. The molecule has 1 aliphatic heterocycles. The first kappa shape index (κ1) is 13.3. The standard InChI is InChI=1S/C13H25NO2S/c1-10-5-6-11(2)13(8-10)14-12-4-3-7-17(15,16)9-12/h10-14H,3-9H2,1-2H3. The molecule has 17 heavy (non-hydrogen) atoms. The zero-order chi connectivity index (χ0) is 12.5. The first-order valence-electron chi connectivity index (χ1n) is 6.93. The Hall–Kier alpha value is -0.0900. The van der Waals surface area contributed by atoms with Crippen molar-refractivity contribution in [2.75, 3.05) is 11.5 Å². The molecule has 0 spiro atoms. The SMILES string of the molecule is CC1CCC(C)C(NC2CCCS(=O)(=O)C2)C1. The Balaban J connectivity index is 1.91. The second-order valence-electron chi connectivity index (χ2n) is 6.12. The first-order valence-corrected chi connectivity index (χ1v) is 8.75. The Morgan fingerprint density at radius 3 is 2.59 bits per heavy atom. The van der Waals surface area contributed by atoms with Crippen molar-refractivity contribution in [1.29, 1.82) is 0 Å².